The standard InChI is InChI=1S/C16H18N2O2/c1-2-20-15-8-14-7-13(15)10-18(14)16(19)12-5-3-4-11(6-12)9-17/h3-6,13-15H,2,7-8,10H2,1H3/t13?,14?,15-/m0/s1. The van der Waals surface area contributed by atoms with Crippen molar-refractivity contribution in [2.75, 3.05) is 13.2 Å². The molecule has 0 N–H and O–H groups in total. The fraction of sp³-hybridized carbons (Fsp3) is 0.500. The summed E-state index contributed by atoms with van der Waals surface area (Å²) in [4.78, 5) is 14.5. The maximum Gasteiger partial charge on any atom is 0.254 e. The molecule has 4 heteroatoms. The molecule has 2 unspecified atom stereocenters. The summed E-state index contributed by atoms with van der Waals surface area (Å²) in [5.74, 6) is 0.521. The minimum atomic E-state index is 0.0459. The highest BCUT2D eigenvalue weighted by Gasteiger charge is 2.46. The average Bonchev–Trinajstić information content (AvgIpc) is 3.07. The first kappa shape index (κ1) is 13.1. The van der Waals surface area contributed by atoms with E-state index in [2.05, 4.69) is 6.07 Å². The van der Waals surface area contributed by atoms with Crippen molar-refractivity contribution in [1.82, 2.24) is 4.90 Å². The molecule has 20 heavy (non-hydrogen) atoms. The molecule has 1 saturated heterocycles. The summed E-state index contributed by atoms with van der Waals surface area (Å²) in [5.41, 5.74) is 1.15. The highest BCUT2D eigenvalue weighted by molar-refractivity contribution is 5.95. The van der Waals surface area contributed by atoms with Gasteiger partial charge in [-0.1, -0.05) is 6.07 Å². The molecule has 2 aliphatic rings. The van der Waals surface area contributed by atoms with Gasteiger partial charge in [0, 0.05) is 30.7 Å². The second-order valence-corrected chi connectivity index (χ2v) is 5.53. The van der Waals surface area contributed by atoms with Crippen LogP contribution in [0.25, 0.3) is 0 Å². The molecule has 3 rings (SSSR count). The van der Waals surface area contributed by atoms with Gasteiger partial charge < -0.3 is 9.64 Å². The number of fused-ring (bicyclic) bond motifs is 2. The van der Waals surface area contributed by atoms with E-state index in [1.807, 2.05) is 11.8 Å². The smallest absolute Gasteiger partial charge is 0.254 e. The van der Waals surface area contributed by atoms with Gasteiger partial charge in [0.1, 0.15) is 0 Å². The highest BCUT2D eigenvalue weighted by Crippen LogP contribution is 2.40. The first-order chi connectivity index (χ1) is 9.72. The van der Waals surface area contributed by atoms with E-state index in [4.69, 9.17) is 10.00 Å². The minimum Gasteiger partial charge on any atom is -0.378 e. The van der Waals surface area contributed by atoms with Gasteiger partial charge in [-0.25, -0.2) is 0 Å². The topological polar surface area (TPSA) is 53.3 Å². The molecule has 4 nitrogen and oxygen atoms in total. The zero-order valence-electron chi connectivity index (χ0n) is 11.6. The molecule has 1 aliphatic carbocycles. The quantitative estimate of drug-likeness (QED) is 0.846. The maximum absolute atomic E-state index is 12.5. The number of piperidine rings is 1. The number of carbonyl (C=O) groups is 1. The Balaban J connectivity index is 1.73. The molecule has 2 bridgehead atoms. The third kappa shape index (κ3) is 2.19. The van der Waals surface area contributed by atoms with Crippen LogP contribution in [0.15, 0.2) is 24.3 Å². The fourth-order valence-electron chi connectivity index (χ4n) is 3.46. The second-order valence-electron chi connectivity index (χ2n) is 5.53. The molecule has 1 aliphatic heterocycles. The normalized spacial score (nSPS) is 27.6. The SMILES string of the molecule is CCO[C@H]1CC2CC1CN2C(=O)c1cccc(C#N)c1. The number of nitriles is 1. The summed E-state index contributed by atoms with van der Waals surface area (Å²) in [6.45, 7) is 3.54. The van der Waals surface area contributed by atoms with Crippen LogP contribution in [0.1, 0.15) is 35.7 Å². The lowest BCUT2D eigenvalue weighted by molar-refractivity contribution is 0.00755. The van der Waals surface area contributed by atoms with E-state index in [1.165, 1.54) is 0 Å². The number of hydrogen-bond acceptors (Lipinski definition) is 3. The van der Waals surface area contributed by atoms with Crippen LogP contribution in [0.3, 0.4) is 0 Å². The minimum absolute atomic E-state index is 0.0459. The van der Waals surface area contributed by atoms with Crippen LogP contribution >= 0.6 is 0 Å². The van der Waals surface area contributed by atoms with E-state index in [0.29, 0.717) is 29.2 Å². The molecule has 1 saturated carbocycles. The van der Waals surface area contributed by atoms with Crippen LogP contribution in [-0.2, 0) is 4.74 Å². The first-order valence-electron chi connectivity index (χ1n) is 7.15. The van der Waals surface area contributed by atoms with E-state index in [-0.39, 0.29) is 5.91 Å². The molecule has 1 heterocycles. The number of rotatable bonds is 3. The van der Waals surface area contributed by atoms with Gasteiger partial charge in [0.2, 0.25) is 0 Å². The number of amides is 1. The van der Waals surface area contributed by atoms with E-state index in [9.17, 15) is 4.79 Å². The van der Waals surface area contributed by atoms with Gasteiger partial charge in [-0.05, 0) is 38.0 Å². The summed E-state index contributed by atoms with van der Waals surface area (Å²) >= 11 is 0. The number of ether oxygens (including phenoxy) is 1. The first-order valence-corrected chi connectivity index (χ1v) is 7.15. The zero-order valence-corrected chi connectivity index (χ0v) is 11.6. The summed E-state index contributed by atoms with van der Waals surface area (Å²) in [7, 11) is 0. The Kier molecular flexibility index (Phi) is 3.45. The van der Waals surface area contributed by atoms with Crippen molar-refractivity contribution in [3.05, 3.63) is 35.4 Å². The van der Waals surface area contributed by atoms with Gasteiger partial charge in [-0.3, -0.25) is 4.79 Å². The molecule has 3 atom stereocenters. The Morgan fingerprint density at radius 3 is 3.00 bits per heavy atom. The van der Waals surface area contributed by atoms with Crippen LogP contribution in [0, 0.1) is 17.2 Å². The lowest BCUT2D eigenvalue weighted by atomic mass is 10.0. The average molecular weight is 270 g/mol. The van der Waals surface area contributed by atoms with Gasteiger partial charge in [-0.15, -0.1) is 0 Å². The van der Waals surface area contributed by atoms with E-state index in [1.54, 1.807) is 24.3 Å². The van der Waals surface area contributed by atoms with Crippen molar-refractivity contribution < 1.29 is 9.53 Å². The van der Waals surface area contributed by atoms with Gasteiger partial charge in [0.25, 0.3) is 5.91 Å². The number of carbonyl (C=O) groups excluding carboxylic acids is 1. The van der Waals surface area contributed by atoms with Crippen LogP contribution in [-0.4, -0.2) is 36.1 Å². The van der Waals surface area contributed by atoms with Crippen LogP contribution in [0.2, 0.25) is 0 Å². The predicted molar refractivity (Wildman–Crippen MR) is 74.1 cm³/mol. The molecular weight excluding hydrogens is 252 g/mol. The van der Waals surface area contributed by atoms with Crippen molar-refractivity contribution in [2.24, 2.45) is 5.92 Å². The molecule has 1 aromatic carbocycles. The maximum atomic E-state index is 12.5. The van der Waals surface area contributed by atoms with E-state index in [0.717, 1.165) is 26.0 Å². The lowest BCUT2D eigenvalue weighted by Crippen LogP contribution is -2.42. The molecular formula is C16H18N2O2. The Morgan fingerprint density at radius 2 is 2.35 bits per heavy atom. The van der Waals surface area contributed by atoms with Crippen LogP contribution in [0.4, 0.5) is 0 Å². The molecule has 1 amide bonds. The molecule has 1 aromatic rings. The number of nitrogens with zero attached hydrogens (tertiary/aromatic N) is 2. The van der Waals surface area contributed by atoms with Gasteiger partial charge >= 0.3 is 0 Å². The summed E-state index contributed by atoms with van der Waals surface area (Å²) < 4.78 is 5.73. The number of hydrogen-bond donors (Lipinski definition) is 0. The largest absolute Gasteiger partial charge is 0.378 e. The highest BCUT2D eigenvalue weighted by atomic mass is 16.5. The monoisotopic (exact) mass is 270 g/mol. The summed E-state index contributed by atoms with van der Waals surface area (Å²) in [5, 5.41) is 8.92. The third-order valence-corrected chi connectivity index (χ3v) is 4.36. The van der Waals surface area contributed by atoms with Crippen LogP contribution in [0.5, 0.6) is 0 Å². The summed E-state index contributed by atoms with van der Waals surface area (Å²) in [6, 6.07) is 9.33. The Labute approximate surface area is 118 Å². The van der Waals surface area contributed by atoms with Crippen molar-refractivity contribution in [1.29, 1.82) is 5.26 Å². The second kappa shape index (κ2) is 5.26. The van der Waals surface area contributed by atoms with Crippen molar-refractivity contribution in [3.8, 4) is 6.07 Å². The van der Waals surface area contributed by atoms with Crippen molar-refractivity contribution in [3.63, 3.8) is 0 Å². The van der Waals surface area contributed by atoms with Crippen molar-refractivity contribution in [2.45, 2.75) is 31.9 Å². The van der Waals surface area contributed by atoms with Gasteiger partial charge in [0.05, 0.1) is 17.7 Å². The van der Waals surface area contributed by atoms with E-state index >= 15 is 0 Å². The molecule has 0 radical (unpaired) electrons. The summed E-state index contributed by atoms with van der Waals surface area (Å²) in [6.07, 6.45) is 2.32. The van der Waals surface area contributed by atoms with Crippen molar-refractivity contribution >= 4 is 5.91 Å². The fourth-order valence-corrected chi connectivity index (χ4v) is 3.46. The lowest BCUT2D eigenvalue weighted by Gasteiger charge is -2.31. The predicted octanol–water partition coefficient (Wildman–Crippen LogP) is 2.20. The van der Waals surface area contributed by atoms with Gasteiger partial charge in [-0.2, -0.15) is 5.26 Å². The molecule has 0 aromatic heterocycles. The Bertz CT molecular complexity index is 564. The van der Waals surface area contributed by atoms with Crippen LogP contribution < -0.4 is 0 Å². The number of likely N-dealkylation sites (tertiary alicyclic amines) is 1. The molecule has 104 valence electrons. The molecule has 2 fully saturated rings. The third-order valence-electron chi connectivity index (χ3n) is 4.36. The number of benzene rings is 1. The Morgan fingerprint density at radius 1 is 1.50 bits per heavy atom. The Hall–Kier alpha value is -1.86. The van der Waals surface area contributed by atoms with Gasteiger partial charge in [0.15, 0.2) is 0 Å². The molecule has 0 spiro atoms. The van der Waals surface area contributed by atoms with E-state index < -0.39 is 0 Å². The zero-order chi connectivity index (χ0) is 14.1.